The second-order valence-electron chi connectivity index (χ2n) is 3.37. The van der Waals surface area contributed by atoms with Gasteiger partial charge in [-0.15, -0.1) is 0 Å². The molecule has 70 valence electrons. The summed E-state index contributed by atoms with van der Waals surface area (Å²) in [4.78, 5) is 20.0. The fourth-order valence-electron chi connectivity index (χ4n) is 1.12. The Hall–Kier alpha value is -0.930. The van der Waals surface area contributed by atoms with Crippen molar-refractivity contribution in [3.05, 3.63) is 10.1 Å². The van der Waals surface area contributed by atoms with Gasteiger partial charge in [-0.1, -0.05) is 13.8 Å². The van der Waals surface area contributed by atoms with Crippen LogP contribution in [0.25, 0.3) is 0 Å². The van der Waals surface area contributed by atoms with Gasteiger partial charge in [0.1, 0.15) is 6.29 Å². The molecule has 0 saturated carbocycles. The van der Waals surface area contributed by atoms with Crippen LogP contribution in [0.3, 0.4) is 0 Å². The number of rotatable bonds is 6. The largest absolute Gasteiger partial charge is 0.303 e. The van der Waals surface area contributed by atoms with Crippen molar-refractivity contribution < 1.29 is 9.72 Å². The molecule has 0 unspecified atom stereocenters. The Morgan fingerprint density at radius 1 is 1.50 bits per heavy atom. The number of hydrogen-bond donors (Lipinski definition) is 0. The van der Waals surface area contributed by atoms with E-state index in [0.717, 1.165) is 12.7 Å². The molecule has 4 nitrogen and oxygen atoms in total. The van der Waals surface area contributed by atoms with E-state index in [0.29, 0.717) is 12.3 Å². The van der Waals surface area contributed by atoms with E-state index < -0.39 is 0 Å². The van der Waals surface area contributed by atoms with Crippen molar-refractivity contribution in [1.29, 1.82) is 0 Å². The standard InChI is InChI=1S/C8H15NO3/c1-7(2)5-8(6-10)3-4-9(11)12/h6-8H,3-5H2,1-2H3/t8-/m1/s1. The summed E-state index contributed by atoms with van der Waals surface area (Å²) in [6.45, 7) is 3.90. The SMILES string of the molecule is CC(C)C[C@H](C=O)CC[N+](=O)[O-]. The van der Waals surface area contributed by atoms with Crippen molar-refractivity contribution in [2.75, 3.05) is 6.54 Å². The van der Waals surface area contributed by atoms with Gasteiger partial charge in [0.15, 0.2) is 0 Å². The number of aldehydes is 1. The molecule has 0 aromatic rings. The van der Waals surface area contributed by atoms with E-state index in [-0.39, 0.29) is 17.4 Å². The lowest BCUT2D eigenvalue weighted by molar-refractivity contribution is -0.481. The van der Waals surface area contributed by atoms with Crippen molar-refractivity contribution in [3.8, 4) is 0 Å². The first-order valence-electron chi connectivity index (χ1n) is 4.13. The maximum Gasteiger partial charge on any atom is 0.204 e. The predicted molar refractivity (Wildman–Crippen MR) is 45.5 cm³/mol. The van der Waals surface area contributed by atoms with Gasteiger partial charge in [0, 0.05) is 17.3 Å². The Bertz CT molecular complexity index is 156. The summed E-state index contributed by atoms with van der Waals surface area (Å²) in [6.07, 6.45) is 1.94. The molecule has 4 heteroatoms. The molecule has 0 saturated heterocycles. The molecule has 0 aromatic carbocycles. The van der Waals surface area contributed by atoms with E-state index in [2.05, 4.69) is 0 Å². The van der Waals surface area contributed by atoms with E-state index >= 15 is 0 Å². The maximum atomic E-state index is 10.4. The first-order valence-corrected chi connectivity index (χ1v) is 4.13. The summed E-state index contributed by atoms with van der Waals surface area (Å²) in [5.74, 6) is 0.280. The third kappa shape index (κ3) is 5.82. The van der Waals surface area contributed by atoms with Crippen LogP contribution in [0.4, 0.5) is 0 Å². The van der Waals surface area contributed by atoms with Crippen molar-refractivity contribution in [2.45, 2.75) is 26.7 Å². The lowest BCUT2D eigenvalue weighted by atomic mass is 9.96. The minimum absolute atomic E-state index is 0.101. The third-order valence-electron chi connectivity index (χ3n) is 1.65. The first kappa shape index (κ1) is 11.1. The second-order valence-corrected chi connectivity index (χ2v) is 3.37. The zero-order valence-corrected chi connectivity index (χ0v) is 7.53. The Balaban J connectivity index is 3.67. The molecule has 0 aliphatic heterocycles. The summed E-state index contributed by atoms with van der Waals surface area (Å²) in [5, 5.41) is 10.00. The van der Waals surface area contributed by atoms with Crippen LogP contribution in [0, 0.1) is 22.0 Å². The summed E-state index contributed by atoms with van der Waals surface area (Å²) in [6, 6.07) is 0. The first-order chi connectivity index (χ1) is 5.56. The van der Waals surface area contributed by atoms with Crippen LogP contribution in [-0.2, 0) is 4.79 Å². The fraction of sp³-hybridized carbons (Fsp3) is 0.875. The predicted octanol–water partition coefficient (Wildman–Crippen LogP) is 1.51. The van der Waals surface area contributed by atoms with E-state index in [1.807, 2.05) is 13.8 Å². The minimum Gasteiger partial charge on any atom is -0.303 e. The van der Waals surface area contributed by atoms with Gasteiger partial charge in [-0.2, -0.15) is 0 Å². The molecule has 0 N–H and O–H groups in total. The van der Waals surface area contributed by atoms with Crippen LogP contribution in [-0.4, -0.2) is 17.8 Å². The van der Waals surface area contributed by atoms with Gasteiger partial charge in [-0.25, -0.2) is 0 Å². The topological polar surface area (TPSA) is 60.2 Å². The molecule has 0 aromatic heterocycles. The van der Waals surface area contributed by atoms with Crippen LogP contribution in [0.15, 0.2) is 0 Å². The van der Waals surface area contributed by atoms with Crippen LogP contribution in [0.1, 0.15) is 26.7 Å². The number of hydrogen-bond acceptors (Lipinski definition) is 3. The highest BCUT2D eigenvalue weighted by Crippen LogP contribution is 2.12. The highest BCUT2D eigenvalue weighted by atomic mass is 16.6. The second kappa shape index (κ2) is 5.69. The molecule has 0 aliphatic rings. The Morgan fingerprint density at radius 2 is 2.08 bits per heavy atom. The van der Waals surface area contributed by atoms with Crippen molar-refractivity contribution in [2.24, 2.45) is 11.8 Å². The molecule has 0 aliphatic carbocycles. The fourth-order valence-corrected chi connectivity index (χ4v) is 1.12. The van der Waals surface area contributed by atoms with Crippen LogP contribution in [0.5, 0.6) is 0 Å². The van der Waals surface area contributed by atoms with E-state index in [1.54, 1.807) is 0 Å². The lowest BCUT2D eigenvalue weighted by Crippen LogP contribution is -2.12. The van der Waals surface area contributed by atoms with Crippen LogP contribution < -0.4 is 0 Å². The highest BCUT2D eigenvalue weighted by Gasteiger charge is 2.12. The van der Waals surface area contributed by atoms with Gasteiger partial charge >= 0.3 is 0 Å². The summed E-state index contributed by atoms with van der Waals surface area (Å²) >= 11 is 0. The normalized spacial score (nSPS) is 12.9. The van der Waals surface area contributed by atoms with Gasteiger partial charge in [-0.05, 0) is 12.3 Å². The van der Waals surface area contributed by atoms with Crippen molar-refractivity contribution in [3.63, 3.8) is 0 Å². The Morgan fingerprint density at radius 3 is 2.42 bits per heavy atom. The van der Waals surface area contributed by atoms with Gasteiger partial charge in [0.2, 0.25) is 6.54 Å². The zero-order chi connectivity index (χ0) is 9.56. The molecule has 0 rings (SSSR count). The molecular formula is C8H15NO3. The Labute approximate surface area is 72.1 Å². The van der Waals surface area contributed by atoms with E-state index in [9.17, 15) is 14.9 Å². The molecule has 12 heavy (non-hydrogen) atoms. The maximum absolute atomic E-state index is 10.4. The summed E-state index contributed by atoms with van der Waals surface area (Å²) in [5.41, 5.74) is 0. The number of carbonyl (C=O) groups is 1. The molecule has 0 bridgehead atoms. The van der Waals surface area contributed by atoms with Crippen molar-refractivity contribution in [1.82, 2.24) is 0 Å². The average Bonchev–Trinajstić information content (AvgIpc) is 1.97. The zero-order valence-electron chi connectivity index (χ0n) is 7.53. The number of nitro groups is 1. The van der Waals surface area contributed by atoms with Crippen LogP contribution in [0.2, 0.25) is 0 Å². The monoisotopic (exact) mass is 173 g/mol. The highest BCUT2D eigenvalue weighted by molar-refractivity contribution is 5.53. The molecule has 0 fully saturated rings. The van der Waals surface area contributed by atoms with Gasteiger partial charge in [0.05, 0.1) is 0 Å². The van der Waals surface area contributed by atoms with E-state index in [4.69, 9.17) is 0 Å². The molecular weight excluding hydrogens is 158 g/mol. The summed E-state index contributed by atoms with van der Waals surface area (Å²) in [7, 11) is 0. The van der Waals surface area contributed by atoms with Crippen molar-refractivity contribution >= 4 is 6.29 Å². The molecule has 0 spiro atoms. The number of nitrogens with zero attached hydrogens (tertiary/aromatic N) is 1. The molecule has 0 radical (unpaired) electrons. The smallest absolute Gasteiger partial charge is 0.204 e. The summed E-state index contributed by atoms with van der Waals surface area (Å²) < 4.78 is 0. The molecule has 0 heterocycles. The third-order valence-corrected chi connectivity index (χ3v) is 1.65. The number of carbonyl (C=O) groups excluding carboxylic acids is 1. The van der Waals surface area contributed by atoms with Crippen LogP contribution >= 0.6 is 0 Å². The molecule has 0 amide bonds. The van der Waals surface area contributed by atoms with Gasteiger partial charge in [-0.3, -0.25) is 10.1 Å². The lowest BCUT2D eigenvalue weighted by Gasteiger charge is -2.09. The van der Waals surface area contributed by atoms with E-state index in [1.165, 1.54) is 0 Å². The van der Waals surface area contributed by atoms with Gasteiger partial charge < -0.3 is 4.79 Å². The van der Waals surface area contributed by atoms with Gasteiger partial charge in [0.25, 0.3) is 0 Å². The minimum atomic E-state index is -0.378. The Kier molecular flexibility index (Phi) is 5.25. The molecule has 1 atom stereocenters. The quantitative estimate of drug-likeness (QED) is 0.347. The average molecular weight is 173 g/mol.